The molecule has 4 nitrogen and oxygen atoms in total. The second kappa shape index (κ2) is 15.6. The predicted octanol–water partition coefficient (Wildman–Crippen LogP) is 2.41. The number of hydrogen-bond donors (Lipinski definition) is 2. The van der Waals surface area contributed by atoms with Crippen LogP contribution in [0.25, 0.3) is 0 Å². The van der Waals surface area contributed by atoms with Crippen LogP contribution in [0.3, 0.4) is 0 Å². The minimum atomic E-state index is -0.723. The number of hydrogen-bond acceptors (Lipinski definition) is 4. The minimum absolute atomic E-state index is 0.142. The van der Waals surface area contributed by atoms with Crippen LogP contribution in [-0.2, 0) is 9.59 Å². The fraction of sp³-hybridized carbons (Fsp3) is 0.625. The van der Waals surface area contributed by atoms with Crippen molar-refractivity contribution in [2.45, 2.75) is 65.9 Å². The van der Waals surface area contributed by atoms with Gasteiger partial charge >= 0.3 is 20.5 Å². The van der Waals surface area contributed by atoms with Gasteiger partial charge in [0.1, 0.15) is 12.1 Å². The van der Waals surface area contributed by atoms with Gasteiger partial charge in [0.2, 0.25) is 0 Å². The Kier molecular flexibility index (Phi) is 18.8. The Hall–Kier alpha value is -0.741. The summed E-state index contributed by atoms with van der Waals surface area (Å²) in [6.07, 6.45) is 5.00. The molecular formula is C16H30O4Se. The van der Waals surface area contributed by atoms with Crippen molar-refractivity contribution in [3.05, 3.63) is 23.8 Å². The van der Waals surface area contributed by atoms with Gasteiger partial charge in [0.15, 0.2) is 0 Å². The molecule has 0 aromatic heterocycles. The zero-order valence-electron chi connectivity index (χ0n) is 13.8. The normalized spacial score (nSPS) is 10.6. The van der Waals surface area contributed by atoms with E-state index in [0.717, 1.165) is 17.4 Å². The quantitative estimate of drug-likeness (QED) is 0.413. The number of aldehydes is 1. The fourth-order valence-electron chi connectivity index (χ4n) is 1.50. The maximum atomic E-state index is 10.8. The molecule has 0 atom stereocenters. The van der Waals surface area contributed by atoms with E-state index in [1.807, 2.05) is 33.8 Å². The van der Waals surface area contributed by atoms with Crippen LogP contribution in [0.2, 0.25) is 0 Å². The zero-order valence-corrected chi connectivity index (χ0v) is 15.7. The SMILES string of the molecule is C=C(C)CC=O.CCC(O)(C=C(C)CC(C)=O)CC.O[SeH]. The molecule has 0 aromatic carbocycles. The summed E-state index contributed by atoms with van der Waals surface area (Å²) in [5, 5.41) is 9.92. The first-order chi connectivity index (χ1) is 9.70. The van der Waals surface area contributed by atoms with E-state index in [1.165, 1.54) is 16.3 Å². The van der Waals surface area contributed by atoms with Crippen molar-refractivity contribution >= 4 is 28.4 Å². The van der Waals surface area contributed by atoms with Gasteiger partial charge in [0.25, 0.3) is 0 Å². The van der Waals surface area contributed by atoms with Crippen molar-refractivity contribution < 1.29 is 18.9 Å². The number of aliphatic hydroxyl groups is 1. The summed E-state index contributed by atoms with van der Waals surface area (Å²) in [7, 11) is 0. The first kappa shape index (κ1) is 25.2. The summed E-state index contributed by atoms with van der Waals surface area (Å²) in [6, 6.07) is 0. The van der Waals surface area contributed by atoms with E-state index in [4.69, 9.17) is 4.19 Å². The van der Waals surface area contributed by atoms with Crippen molar-refractivity contribution in [1.82, 2.24) is 0 Å². The zero-order chi connectivity index (χ0) is 17.5. The topological polar surface area (TPSA) is 74.6 Å². The van der Waals surface area contributed by atoms with Crippen LogP contribution < -0.4 is 0 Å². The first-order valence-electron chi connectivity index (χ1n) is 6.88. The molecule has 0 fully saturated rings. The van der Waals surface area contributed by atoms with Gasteiger partial charge in [0.05, 0.1) is 5.60 Å². The van der Waals surface area contributed by atoms with Gasteiger partial charge in [-0.05, 0) is 33.6 Å². The second-order valence-corrected chi connectivity index (χ2v) is 5.01. The Morgan fingerprint density at radius 3 is 1.81 bits per heavy atom. The van der Waals surface area contributed by atoms with E-state index in [2.05, 4.69) is 6.58 Å². The Balaban J connectivity index is -0.000000339. The molecule has 124 valence electrons. The van der Waals surface area contributed by atoms with Gasteiger partial charge in [0, 0.05) is 12.8 Å². The molecule has 0 aromatic rings. The fourth-order valence-corrected chi connectivity index (χ4v) is 1.50. The van der Waals surface area contributed by atoms with Crippen molar-refractivity contribution in [3.8, 4) is 0 Å². The Morgan fingerprint density at radius 1 is 1.19 bits per heavy atom. The molecule has 2 N–H and O–H groups in total. The third kappa shape index (κ3) is 19.3. The molecule has 0 radical (unpaired) electrons. The average molecular weight is 365 g/mol. The van der Waals surface area contributed by atoms with Gasteiger partial charge in [-0.3, -0.25) is 4.79 Å². The van der Waals surface area contributed by atoms with Crippen molar-refractivity contribution in [2.24, 2.45) is 0 Å². The van der Waals surface area contributed by atoms with Crippen molar-refractivity contribution in [2.75, 3.05) is 0 Å². The molecule has 5 heteroatoms. The van der Waals surface area contributed by atoms with Crippen LogP contribution in [0.15, 0.2) is 23.8 Å². The molecule has 0 rings (SSSR count). The molecular weight excluding hydrogens is 335 g/mol. The summed E-state index contributed by atoms with van der Waals surface area (Å²) < 4.78 is 6.94. The molecule has 0 bridgehead atoms. The Morgan fingerprint density at radius 2 is 1.62 bits per heavy atom. The summed E-state index contributed by atoms with van der Waals surface area (Å²) in [4.78, 5) is 20.3. The predicted molar refractivity (Wildman–Crippen MR) is 89.4 cm³/mol. The number of rotatable bonds is 7. The summed E-state index contributed by atoms with van der Waals surface area (Å²) in [5.74, 6) is 0.142. The molecule has 0 unspecified atom stereocenters. The summed E-state index contributed by atoms with van der Waals surface area (Å²) in [5.41, 5.74) is 1.16. The number of ketones is 1. The van der Waals surface area contributed by atoms with E-state index >= 15 is 0 Å². The van der Waals surface area contributed by atoms with Crippen LogP contribution >= 0.6 is 0 Å². The van der Waals surface area contributed by atoms with Crippen LogP contribution in [0.5, 0.6) is 0 Å². The number of Topliss-reactive ketones (excluding diaryl/α,β-unsaturated/α-hetero) is 1. The standard InChI is InChI=1S/C11H20O2.C5H8O.H2OSe/c1-5-11(13,6-2)8-9(3)7-10(4)12;1-5(2)3-4-6;1-2/h8,13H,5-7H2,1-4H3;4H,1,3H2,2H3;1-2H. The Labute approximate surface area is 137 Å². The van der Waals surface area contributed by atoms with Gasteiger partial charge in [-0.15, -0.1) is 0 Å². The van der Waals surface area contributed by atoms with E-state index in [0.29, 0.717) is 25.7 Å². The molecule has 0 saturated carbocycles. The molecule has 0 saturated heterocycles. The van der Waals surface area contributed by atoms with E-state index in [-0.39, 0.29) is 5.78 Å². The molecule has 0 amide bonds. The van der Waals surface area contributed by atoms with Crippen LogP contribution in [0.4, 0.5) is 0 Å². The monoisotopic (exact) mass is 366 g/mol. The third-order valence-corrected chi connectivity index (χ3v) is 2.70. The summed E-state index contributed by atoms with van der Waals surface area (Å²) in [6.45, 7) is 12.7. The van der Waals surface area contributed by atoms with Crippen molar-refractivity contribution in [1.29, 1.82) is 0 Å². The van der Waals surface area contributed by atoms with E-state index in [9.17, 15) is 14.7 Å². The van der Waals surface area contributed by atoms with Gasteiger partial charge < -0.3 is 9.90 Å². The van der Waals surface area contributed by atoms with E-state index < -0.39 is 5.60 Å². The average Bonchev–Trinajstić information content (AvgIpc) is 2.40. The van der Waals surface area contributed by atoms with Gasteiger partial charge in [-0.25, -0.2) is 0 Å². The van der Waals surface area contributed by atoms with Crippen LogP contribution in [0.1, 0.15) is 60.3 Å². The van der Waals surface area contributed by atoms with Gasteiger partial charge in [-0.2, -0.15) is 0 Å². The number of allylic oxidation sites excluding steroid dienone is 2. The molecule has 0 aliphatic carbocycles. The van der Waals surface area contributed by atoms with Crippen LogP contribution in [0, 0.1) is 0 Å². The van der Waals surface area contributed by atoms with Crippen LogP contribution in [-0.4, -0.2) is 43.3 Å². The number of carbonyl (C=O) groups excluding carboxylic acids is 2. The second-order valence-electron chi connectivity index (χ2n) is 5.01. The third-order valence-electron chi connectivity index (χ3n) is 2.70. The number of carbonyl (C=O) groups is 2. The molecule has 0 aliphatic rings. The Bertz CT molecular complexity index is 331. The van der Waals surface area contributed by atoms with Crippen molar-refractivity contribution in [3.63, 3.8) is 0 Å². The van der Waals surface area contributed by atoms with E-state index in [1.54, 1.807) is 6.92 Å². The molecule has 21 heavy (non-hydrogen) atoms. The van der Waals surface area contributed by atoms with Gasteiger partial charge in [-0.1, -0.05) is 37.6 Å². The maximum absolute atomic E-state index is 10.8. The molecule has 0 aliphatic heterocycles. The first-order valence-corrected chi connectivity index (χ1v) is 7.72. The summed E-state index contributed by atoms with van der Waals surface area (Å²) >= 11 is 1.31. The molecule has 0 heterocycles. The molecule has 0 spiro atoms.